The summed E-state index contributed by atoms with van der Waals surface area (Å²) in [5.74, 6) is 0.899. The van der Waals surface area contributed by atoms with Gasteiger partial charge in [0.25, 0.3) is 17.1 Å². The van der Waals surface area contributed by atoms with Crippen LogP contribution in [0.1, 0.15) is 84.8 Å². The summed E-state index contributed by atoms with van der Waals surface area (Å²) in [6.45, 7) is 17.7. The second-order valence-corrected chi connectivity index (χ2v) is 18.2. The molecule has 16 nitrogen and oxygen atoms in total. The van der Waals surface area contributed by atoms with Gasteiger partial charge in [0.2, 0.25) is 5.36 Å². The number of phenolic OH excluding ortho intramolecular Hbond substituents is 3. The Morgan fingerprint density at radius 1 is 0.570 bits per heavy atom. The lowest BCUT2D eigenvalue weighted by Crippen LogP contribution is -2.29. The van der Waals surface area contributed by atoms with Crippen molar-refractivity contribution in [2.45, 2.75) is 61.8 Å². The number of nitrogens with zero attached hydrogens (tertiary/aromatic N) is 5. The van der Waals surface area contributed by atoms with E-state index in [1.165, 1.54) is 36.4 Å². The summed E-state index contributed by atoms with van der Waals surface area (Å²) in [4.78, 5) is 43.1. The van der Waals surface area contributed by atoms with Crippen LogP contribution in [-0.4, -0.2) is 62.6 Å². The number of anilines is 1. The Labute approximate surface area is 459 Å². The van der Waals surface area contributed by atoms with Gasteiger partial charge in [-0.2, -0.15) is 0 Å². The number of carbonyl (C=O) groups excluding carboxylic acids is 1. The molecule has 0 saturated carbocycles. The number of nitro benzene ring substituents is 3. The highest BCUT2D eigenvalue weighted by Gasteiger charge is 2.25. The van der Waals surface area contributed by atoms with Crippen LogP contribution in [0.5, 0.6) is 17.2 Å². The van der Waals surface area contributed by atoms with E-state index in [4.69, 9.17) is 9.52 Å². The fourth-order valence-electron chi connectivity index (χ4n) is 8.91. The number of non-ortho nitro benzene ring substituents is 3. The lowest BCUT2D eigenvalue weighted by atomic mass is 9.83. The topological polar surface area (TPSA) is 227 Å². The van der Waals surface area contributed by atoms with Gasteiger partial charge in [-0.05, 0) is 137 Å². The molecular weight excluding hydrogens is 1000 g/mol. The predicted molar refractivity (Wildman–Crippen MR) is 313 cm³/mol. The molecular formula is C63H66N5O11+. The number of rotatable bonds is 13. The van der Waals surface area contributed by atoms with E-state index >= 15 is 0 Å². The van der Waals surface area contributed by atoms with Crippen LogP contribution >= 0.6 is 0 Å². The van der Waals surface area contributed by atoms with E-state index in [0.717, 1.165) is 92.9 Å². The molecule has 408 valence electrons. The number of carbonyl (C=O) groups is 1. The number of hydrogen-bond acceptors (Lipinski definition) is 12. The molecule has 0 fully saturated rings. The highest BCUT2D eigenvalue weighted by atomic mass is 16.6. The smallest absolute Gasteiger partial charge is 0.269 e. The third-order valence-electron chi connectivity index (χ3n) is 13.0. The molecule has 2 aliphatic rings. The molecule has 7 aromatic rings. The zero-order valence-electron chi connectivity index (χ0n) is 44.5. The van der Waals surface area contributed by atoms with E-state index in [9.17, 15) is 45.4 Å². The summed E-state index contributed by atoms with van der Waals surface area (Å²) in [5.41, 5.74) is 10.3. The number of aldehydes is 1. The van der Waals surface area contributed by atoms with Gasteiger partial charge < -0.3 is 24.6 Å². The van der Waals surface area contributed by atoms with Gasteiger partial charge in [-0.3, -0.25) is 35.1 Å². The number of aryl methyl sites for hydroxylation is 3. The molecule has 1 atom stereocenters. The maximum Gasteiger partial charge on any atom is 0.269 e. The minimum absolute atomic E-state index is 0. The Balaban J connectivity index is 0.000000217. The summed E-state index contributed by atoms with van der Waals surface area (Å²) < 4.78 is 8.57. The van der Waals surface area contributed by atoms with Gasteiger partial charge in [-0.25, -0.2) is 4.58 Å². The van der Waals surface area contributed by atoms with E-state index in [0.29, 0.717) is 28.7 Å². The van der Waals surface area contributed by atoms with Gasteiger partial charge in [-0.1, -0.05) is 62.0 Å². The monoisotopic (exact) mass is 1070 g/mol. The average molecular weight is 1070 g/mol. The van der Waals surface area contributed by atoms with Gasteiger partial charge in [0.05, 0.1) is 20.8 Å². The number of benzene rings is 8. The summed E-state index contributed by atoms with van der Waals surface area (Å²) in [5, 5.41) is 64.7. The Hall–Kier alpha value is -9.70. The SMILES string of the molecule is C.CCN(CC)c1ccc(C(c2ccc([N+](=O)[O-])cc2)c2ccc(C)cc2O)c(O)c1.CC[N+](CC)=c1ccc2c(-c3ccc([N+](=O)[O-])cc3)c3ccc(C)cc3oc-2c1.Cc1cccc(O)c1.O=Cc1ccc([N+](=O)[O-])cc1. The molecule has 1 aliphatic heterocycles. The number of aromatic hydroxyl groups is 3. The number of hydrogen-bond donors (Lipinski definition) is 3. The molecule has 79 heavy (non-hydrogen) atoms. The van der Waals surface area contributed by atoms with Gasteiger partial charge >= 0.3 is 0 Å². The Kier molecular flexibility index (Phi) is 21.2. The molecule has 0 amide bonds. The molecule has 9 rings (SSSR count). The Morgan fingerprint density at radius 2 is 1.09 bits per heavy atom. The fourth-order valence-corrected chi connectivity index (χ4v) is 8.91. The van der Waals surface area contributed by atoms with Crippen molar-refractivity contribution in [3.63, 3.8) is 0 Å². The standard InChI is InChI=1S/C24H26N2O4.C24H23N2O3.C7H5NO3.C7H8O.CH4/c1-4-25(5-2)19-11-13-21(23(28)15-19)24(20-12-6-16(3)14-22(20)27)17-7-9-18(10-8-17)26(29)30;1-4-25(5-2)19-11-13-21-23(15-19)29-22-14-16(3)6-12-20(22)24(21)17-7-9-18(10-8-17)26(27)28;9-5-6-1-3-7(4-2-6)8(10)11;1-6-3-2-4-7(8)5-6;/h6-15,24,27-28H,4-5H2,1-3H3;6-15H,4-5H2,1-3H3;1-5H;2-5,8H,1H3;1H4/q;+1;;;. The number of phenols is 3. The van der Waals surface area contributed by atoms with E-state index in [-0.39, 0.29) is 40.9 Å². The second-order valence-electron chi connectivity index (χ2n) is 18.2. The zero-order valence-corrected chi connectivity index (χ0v) is 44.5. The maximum absolute atomic E-state index is 11.1. The van der Waals surface area contributed by atoms with Gasteiger partial charge in [0.1, 0.15) is 48.0 Å². The largest absolute Gasteiger partial charge is 0.508 e. The molecule has 1 heterocycles. The van der Waals surface area contributed by atoms with Gasteiger partial charge in [0, 0.05) is 106 Å². The highest BCUT2D eigenvalue weighted by molar-refractivity contribution is 6.02. The average Bonchev–Trinajstić information content (AvgIpc) is 3.46. The normalized spacial score (nSPS) is 10.8. The molecule has 0 saturated heterocycles. The van der Waals surface area contributed by atoms with Crippen molar-refractivity contribution >= 4 is 40.0 Å². The first kappa shape index (κ1) is 60.2. The van der Waals surface area contributed by atoms with Gasteiger partial charge in [-0.15, -0.1) is 0 Å². The minimum atomic E-state index is -0.505. The molecule has 16 heteroatoms. The Morgan fingerprint density at radius 3 is 1.58 bits per heavy atom. The first-order valence-electron chi connectivity index (χ1n) is 25.3. The van der Waals surface area contributed by atoms with Crippen molar-refractivity contribution in [1.82, 2.24) is 4.58 Å². The number of nitro groups is 3. The van der Waals surface area contributed by atoms with E-state index in [1.54, 1.807) is 48.5 Å². The van der Waals surface area contributed by atoms with Crippen molar-refractivity contribution in [3.8, 4) is 39.7 Å². The Bertz CT molecular complexity index is 3570. The van der Waals surface area contributed by atoms with Crippen molar-refractivity contribution in [1.29, 1.82) is 0 Å². The summed E-state index contributed by atoms with van der Waals surface area (Å²) in [6.07, 6.45) is 0.643. The fraction of sp³-hybridized carbons (Fsp3) is 0.206. The van der Waals surface area contributed by atoms with Crippen LogP contribution in [0.15, 0.2) is 174 Å². The van der Waals surface area contributed by atoms with Crippen molar-refractivity contribution in [2.24, 2.45) is 0 Å². The molecule has 1 unspecified atom stereocenters. The molecule has 0 bridgehead atoms. The first-order valence-corrected chi connectivity index (χ1v) is 25.3. The minimum Gasteiger partial charge on any atom is -0.508 e. The summed E-state index contributed by atoms with van der Waals surface area (Å²) >= 11 is 0. The van der Waals surface area contributed by atoms with Crippen LogP contribution in [0, 0.1) is 51.1 Å². The van der Waals surface area contributed by atoms with Crippen molar-refractivity contribution < 1.29 is 39.3 Å². The van der Waals surface area contributed by atoms with Crippen LogP contribution in [0.3, 0.4) is 0 Å². The van der Waals surface area contributed by atoms with Crippen LogP contribution in [0.25, 0.3) is 33.4 Å². The quantitative estimate of drug-likeness (QED) is 0.0245. The van der Waals surface area contributed by atoms with Crippen LogP contribution in [0.2, 0.25) is 0 Å². The molecule has 0 aromatic heterocycles. The second kappa shape index (κ2) is 27.9. The molecule has 7 aromatic carbocycles. The van der Waals surface area contributed by atoms with Gasteiger partial charge in [0.15, 0.2) is 0 Å². The summed E-state index contributed by atoms with van der Waals surface area (Å²) in [7, 11) is 0. The highest BCUT2D eigenvalue weighted by Crippen LogP contribution is 2.43. The third kappa shape index (κ3) is 15.3. The molecule has 1 aliphatic carbocycles. The van der Waals surface area contributed by atoms with E-state index in [2.05, 4.69) is 67.5 Å². The number of fused-ring (bicyclic) bond motifs is 2. The third-order valence-corrected chi connectivity index (χ3v) is 13.0. The molecule has 0 spiro atoms. The van der Waals surface area contributed by atoms with Crippen LogP contribution < -0.4 is 14.8 Å². The zero-order chi connectivity index (χ0) is 56.6. The molecule has 0 radical (unpaired) electrons. The van der Waals surface area contributed by atoms with Crippen molar-refractivity contribution in [2.75, 3.05) is 31.1 Å². The lowest BCUT2D eigenvalue weighted by molar-refractivity contribution is -0.385. The maximum atomic E-state index is 11.1. The first-order chi connectivity index (χ1) is 37.4. The van der Waals surface area contributed by atoms with E-state index < -0.39 is 15.8 Å². The molecule has 3 N–H and O–H groups in total. The predicted octanol–water partition coefficient (Wildman–Crippen LogP) is 14.3. The lowest BCUT2D eigenvalue weighted by Gasteiger charge is -2.25. The van der Waals surface area contributed by atoms with E-state index in [1.807, 2.05) is 75.4 Å². The van der Waals surface area contributed by atoms with Crippen LogP contribution in [-0.2, 0) is 0 Å². The summed E-state index contributed by atoms with van der Waals surface area (Å²) in [6, 6.07) is 48.9. The van der Waals surface area contributed by atoms with Crippen molar-refractivity contribution in [3.05, 3.63) is 245 Å². The van der Waals surface area contributed by atoms with Crippen LogP contribution in [0.4, 0.5) is 22.7 Å².